The van der Waals surface area contributed by atoms with Gasteiger partial charge in [0.1, 0.15) is 0 Å². The first-order valence-corrected chi connectivity index (χ1v) is 6.68. The third-order valence-corrected chi connectivity index (χ3v) is 3.51. The van der Waals surface area contributed by atoms with E-state index in [2.05, 4.69) is 45.3 Å². The molecule has 0 aromatic heterocycles. The van der Waals surface area contributed by atoms with Crippen molar-refractivity contribution in [2.75, 3.05) is 6.54 Å². The van der Waals surface area contributed by atoms with Crippen LogP contribution in [0.1, 0.15) is 54.4 Å². The van der Waals surface area contributed by atoms with E-state index >= 15 is 0 Å². The Balaban J connectivity index is 0. The molecule has 0 aromatic rings. The predicted octanol–water partition coefficient (Wildman–Crippen LogP) is 2.54. The summed E-state index contributed by atoms with van der Waals surface area (Å²) in [6.07, 6.45) is 2.29. The summed E-state index contributed by atoms with van der Waals surface area (Å²) in [6, 6.07) is 0. The van der Waals surface area contributed by atoms with E-state index in [1.54, 1.807) is 0 Å². The lowest BCUT2D eigenvalue weighted by atomic mass is 9.98. The molecule has 2 N–H and O–H groups in total. The van der Waals surface area contributed by atoms with Crippen LogP contribution in [0.3, 0.4) is 0 Å². The summed E-state index contributed by atoms with van der Waals surface area (Å²) in [5.74, 6) is 1.28. The maximum atomic E-state index is 10.9. The minimum atomic E-state index is 0. The zero-order valence-corrected chi connectivity index (χ0v) is 15.2. The highest BCUT2D eigenvalue weighted by atomic mass is 32.1. The molecule has 0 aliphatic carbocycles. The van der Waals surface area contributed by atoms with Gasteiger partial charge in [0.15, 0.2) is 0 Å². The first-order chi connectivity index (χ1) is 7.61. The second kappa shape index (κ2) is 7.79. The minimum absolute atomic E-state index is 0. The second-order valence-electron chi connectivity index (χ2n) is 7.05. The summed E-state index contributed by atoms with van der Waals surface area (Å²) in [5.41, 5.74) is 0.454. The number of hydrogen-bond donors (Lipinski definition) is 2. The van der Waals surface area contributed by atoms with Crippen molar-refractivity contribution in [2.45, 2.75) is 65.5 Å². The number of hydrogen-bond acceptors (Lipinski definition) is 2. The zero-order valence-electron chi connectivity index (χ0n) is 13.2. The van der Waals surface area contributed by atoms with Crippen LogP contribution in [0.25, 0.3) is 0 Å². The van der Waals surface area contributed by atoms with Crippen LogP contribution in [0.4, 0.5) is 0 Å². The summed E-state index contributed by atoms with van der Waals surface area (Å²) >= 11 is 0. The molecule has 2 atom stereocenters. The zero-order chi connectivity index (χ0) is 13.3. The fourth-order valence-corrected chi connectivity index (χ4v) is 2.83. The van der Waals surface area contributed by atoms with Crippen LogP contribution in [0, 0.1) is 11.8 Å². The van der Waals surface area contributed by atoms with E-state index in [4.69, 9.17) is 0 Å². The van der Waals surface area contributed by atoms with Crippen molar-refractivity contribution < 1.29 is 4.79 Å². The molecule has 2 fully saturated rings. The van der Waals surface area contributed by atoms with Gasteiger partial charge >= 0.3 is 0 Å². The van der Waals surface area contributed by atoms with Gasteiger partial charge in [-0.05, 0) is 53.0 Å². The third-order valence-electron chi connectivity index (χ3n) is 3.51. The van der Waals surface area contributed by atoms with E-state index in [1.165, 1.54) is 13.0 Å². The van der Waals surface area contributed by atoms with Crippen LogP contribution in [-0.4, -0.2) is 23.5 Å². The Morgan fingerprint density at radius 1 is 1.00 bits per heavy atom. The molecule has 0 unspecified atom stereocenters. The van der Waals surface area contributed by atoms with Gasteiger partial charge in [0.25, 0.3) is 0 Å². The highest BCUT2D eigenvalue weighted by Crippen LogP contribution is 2.23. The molecular formula is C14H32N2OS2. The lowest BCUT2D eigenvalue weighted by molar-refractivity contribution is -0.122. The summed E-state index contributed by atoms with van der Waals surface area (Å²) in [4.78, 5) is 10.9. The van der Waals surface area contributed by atoms with Crippen molar-refractivity contribution in [3.63, 3.8) is 0 Å². The lowest BCUT2D eigenvalue weighted by Gasteiger charge is -2.16. The van der Waals surface area contributed by atoms with Crippen molar-refractivity contribution in [1.82, 2.24) is 10.6 Å². The van der Waals surface area contributed by atoms with Crippen LogP contribution in [-0.2, 0) is 4.79 Å². The molecule has 2 heterocycles. The van der Waals surface area contributed by atoms with Crippen LogP contribution in [0.2, 0.25) is 0 Å². The molecule has 1 amide bonds. The van der Waals surface area contributed by atoms with E-state index in [9.17, 15) is 4.79 Å². The molecule has 2 rings (SSSR count). The molecule has 19 heavy (non-hydrogen) atoms. The predicted molar refractivity (Wildman–Crippen MR) is 92.6 cm³/mol. The standard InChI is InChI=1S/C7H13NO.C7H15N.2H2S/c1-5-4-7(2,3)8-6(5)9;1-6-4-7(2,3)8-5-6;;/h5H,4H2,1-3H3,(H,8,9);6,8H,4-5H2,1-3H3;2*1H2/t5-;6-;;/m00../s1. The molecule has 5 heteroatoms. The van der Waals surface area contributed by atoms with E-state index < -0.39 is 0 Å². The largest absolute Gasteiger partial charge is 0.351 e. The molecule has 2 aliphatic rings. The average Bonchev–Trinajstić information content (AvgIpc) is 2.53. The monoisotopic (exact) mass is 308 g/mol. The van der Waals surface area contributed by atoms with Crippen molar-refractivity contribution in [3.05, 3.63) is 0 Å². The van der Waals surface area contributed by atoms with E-state index in [0.717, 1.165) is 12.3 Å². The summed E-state index contributed by atoms with van der Waals surface area (Å²) < 4.78 is 0. The Morgan fingerprint density at radius 3 is 1.63 bits per heavy atom. The Labute approximate surface area is 132 Å². The maximum Gasteiger partial charge on any atom is 0.223 e. The average molecular weight is 309 g/mol. The quantitative estimate of drug-likeness (QED) is 0.722. The number of carbonyl (C=O) groups excluding carboxylic acids is 1. The smallest absolute Gasteiger partial charge is 0.223 e. The number of nitrogens with one attached hydrogen (secondary N) is 2. The fraction of sp³-hybridized carbons (Fsp3) is 0.929. The first-order valence-electron chi connectivity index (χ1n) is 6.68. The minimum Gasteiger partial charge on any atom is -0.351 e. The number of carbonyl (C=O) groups is 1. The van der Waals surface area contributed by atoms with Crippen LogP contribution >= 0.6 is 27.0 Å². The summed E-state index contributed by atoms with van der Waals surface area (Å²) in [5, 5.41) is 6.35. The van der Waals surface area contributed by atoms with Crippen LogP contribution < -0.4 is 10.6 Å². The van der Waals surface area contributed by atoms with Crippen molar-refractivity contribution in [1.29, 1.82) is 0 Å². The Morgan fingerprint density at radius 2 is 1.53 bits per heavy atom. The topological polar surface area (TPSA) is 41.1 Å². The van der Waals surface area contributed by atoms with Crippen LogP contribution in [0.15, 0.2) is 0 Å². The molecule has 0 spiro atoms. The lowest BCUT2D eigenvalue weighted by Crippen LogP contribution is -2.34. The normalized spacial score (nSPS) is 30.3. The Kier molecular flexibility index (Phi) is 8.79. The maximum absolute atomic E-state index is 10.9. The van der Waals surface area contributed by atoms with Gasteiger partial charge in [0.05, 0.1) is 0 Å². The van der Waals surface area contributed by atoms with Gasteiger partial charge in [-0.3, -0.25) is 4.79 Å². The highest BCUT2D eigenvalue weighted by molar-refractivity contribution is 7.59. The molecular weight excluding hydrogens is 276 g/mol. The highest BCUT2D eigenvalue weighted by Gasteiger charge is 2.33. The summed E-state index contributed by atoms with van der Waals surface area (Å²) in [6.45, 7) is 14.1. The molecule has 3 nitrogen and oxygen atoms in total. The van der Waals surface area contributed by atoms with E-state index in [-0.39, 0.29) is 44.4 Å². The molecule has 2 aliphatic heterocycles. The van der Waals surface area contributed by atoms with E-state index in [0.29, 0.717) is 5.54 Å². The molecule has 0 aromatic carbocycles. The summed E-state index contributed by atoms with van der Waals surface area (Å²) in [7, 11) is 0. The van der Waals surface area contributed by atoms with E-state index in [1.807, 2.05) is 6.92 Å². The molecule has 0 bridgehead atoms. The third kappa shape index (κ3) is 7.47. The van der Waals surface area contributed by atoms with Crippen LogP contribution in [0.5, 0.6) is 0 Å². The molecule has 2 saturated heterocycles. The van der Waals surface area contributed by atoms with Gasteiger partial charge in [-0.2, -0.15) is 27.0 Å². The second-order valence-corrected chi connectivity index (χ2v) is 7.05. The fourth-order valence-electron chi connectivity index (χ4n) is 2.83. The van der Waals surface area contributed by atoms with Gasteiger partial charge in [0.2, 0.25) is 5.91 Å². The van der Waals surface area contributed by atoms with Gasteiger partial charge in [0, 0.05) is 17.0 Å². The molecule has 0 radical (unpaired) electrons. The molecule has 0 saturated carbocycles. The van der Waals surface area contributed by atoms with Crippen molar-refractivity contribution in [2.24, 2.45) is 11.8 Å². The van der Waals surface area contributed by atoms with Gasteiger partial charge in [-0.25, -0.2) is 0 Å². The van der Waals surface area contributed by atoms with Crippen molar-refractivity contribution in [3.8, 4) is 0 Å². The Bertz CT molecular complexity index is 293. The molecule has 116 valence electrons. The van der Waals surface area contributed by atoms with Crippen molar-refractivity contribution >= 4 is 32.9 Å². The first kappa shape index (κ1) is 21.4. The SMILES string of the molecule is C[C@@H]1CNC(C)(C)C1.C[C@H]1CC(C)(C)NC1=O.S.S. The van der Waals surface area contributed by atoms with Gasteiger partial charge < -0.3 is 10.6 Å². The number of amides is 1. The van der Waals surface area contributed by atoms with Gasteiger partial charge in [-0.1, -0.05) is 13.8 Å². The van der Waals surface area contributed by atoms with Gasteiger partial charge in [-0.15, -0.1) is 0 Å². The number of rotatable bonds is 0. The Hall–Kier alpha value is 0.130.